The second-order valence-electron chi connectivity index (χ2n) is 7.69. The van der Waals surface area contributed by atoms with Crippen LogP contribution in [0.5, 0.6) is 0 Å². The molecule has 1 aromatic heterocycles. The molecule has 7 nitrogen and oxygen atoms in total. The van der Waals surface area contributed by atoms with Gasteiger partial charge in [0.2, 0.25) is 0 Å². The zero-order valence-corrected chi connectivity index (χ0v) is 18.3. The summed E-state index contributed by atoms with van der Waals surface area (Å²) in [5.41, 5.74) is 2.00. The van der Waals surface area contributed by atoms with Crippen LogP contribution in [0, 0.1) is 0 Å². The second-order valence-corrected chi connectivity index (χ2v) is 9.55. The molecule has 0 fully saturated rings. The molecule has 8 heteroatoms. The Labute approximate surface area is 182 Å². The number of furan rings is 1. The highest BCUT2D eigenvalue weighted by atomic mass is 32.2. The van der Waals surface area contributed by atoms with Gasteiger partial charge in [0, 0.05) is 18.7 Å². The minimum Gasteiger partial charge on any atom is -0.468 e. The van der Waals surface area contributed by atoms with E-state index in [2.05, 4.69) is 5.32 Å². The lowest BCUT2D eigenvalue weighted by atomic mass is 10.2. The quantitative estimate of drug-likeness (QED) is 0.612. The van der Waals surface area contributed by atoms with Gasteiger partial charge in [0.25, 0.3) is 15.9 Å². The van der Waals surface area contributed by atoms with Crippen molar-refractivity contribution in [3.05, 3.63) is 83.8 Å². The van der Waals surface area contributed by atoms with E-state index in [0.29, 0.717) is 30.8 Å². The second kappa shape index (κ2) is 8.56. The van der Waals surface area contributed by atoms with Crippen LogP contribution in [0.3, 0.4) is 0 Å². The van der Waals surface area contributed by atoms with E-state index >= 15 is 0 Å². The molecule has 1 atom stereocenters. The number of amides is 1. The first-order chi connectivity index (χ1) is 14.9. The fourth-order valence-corrected chi connectivity index (χ4v) is 5.34. The molecule has 1 aliphatic rings. The van der Waals surface area contributed by atoms with Crippen molar-refractivity contribution >= 4 is 21.6 Å². The maximum atomic E-state index is 13.3. The van der Waals surface area contributed by atoms with Gasteiger partial charge in [-0.1, -0.05) is 24.3 Å². The molecule has 1 N–H and O–H groups in total. The number of likely N-dealkylation sites (N-methyl/N-ethyl adjacent to an activating group) is 1. The normalized spacial score (nSPS) is 14.5. The van der Waals surface area contributed by atoms with Gasteiger partial charge in [-0.05, 0) is 62.5 Å². The van der Waals surface area contributed by atoms with Crippen LogP contribution < -0.4 is 9.62 Å². The van der Waals surface area contributed by atoms with Gasteiger partial charge >= 0.3 is 0 Å². The molecule has 1 amide bonds. The summed E-state index contributed by atoms with van der Waals surface area (Å²) in [6.07, 6.45) is 2.27. The third kappa shape index (κ3) is 4.22. The van der Waals surface area contributed by atoms with E-state index in [0.717, 1.165) is 11.3 Å². The van der Waals surface area contributed by atoms with Crippen molar-refractivity contribution in [1.29, 1.82) is 0 Å². The summed E-state index contributed by atoms with van der Waals surface area (Å²) >= 11 is 0. The smallest absolute Gasteiger partial charge is 0.264 e. The monoisotopic (exact) mass is 439 g/mol. The Morgan fingerprint density at radius 2 is 1.94 bits per heavy atom. The maximum absolute atomic E-state index is 13.3. The minimum absolute atomic E-state index is 0.104. The number of hydrogen-bond donors (Lipinski definition) is 1. The van der Waals surface area contributed by atoms with Crippen LogP contribution in [-0.2, 0) is 16.4 Å². The molecular weight excluding hydrogens is 414 g/mol. The van der Waals surface area contributed by atoms with Crippen LogP contribution >= 0.6 is 0 Å². The van der Waals surface area contributed by atoms with Gasteiger partial charge in [0.05, 0.1) is 22.9 Å². The number of benzene rings is 2. The van der Waals surface area contributed by atoms with Gasteiger partial charge in [-0.3, -0.25) is 14.0 Å². The number of anilines is 1. The Bertz CT molecular complexity index is 1170. The van der Waals surface area contributed by atoms with Crippen molar-refractivity contribution in [3.8, 4) is 0 Å². The number of nitrogens with one attached hydrogen (secondary N) is 1. The van der Waals surface area contributed by atoms with Gasteiger partial charge in [-0.2, -0.15) is 0 Å². The van der Waals surface area contributed by atoms with Crippen LogP contribution in [0.2, 0.25) is 0 Å². The third-order valence-corrected chi connectivity index (χ3v) is 7.29. The molecule has 4 rings (SSSR count). The molecule has 0 saturated heterocycles. The number of carbonyl (C=O) groups is 1. The summed E-state index contributed by atoms with van der Waals surface area (Å²) in [5, 5.41) is 2.88. The minimum atomic E-state index is -3.76. The average molecular weight is 440 g/mol. The highest BCUT2D eigenvalue weighted by molar-refractivity contribution is 7.92. The molecule has 0 saturated carbocycles. The summed E-state index contributed by atoms with van der Waals surface area (Å²) in [6, 6.07) is 17.2. The van der Waals surface area contributed by atoms with Crippen molar-refractivity contribution in [2.24, 2.45) is 0 Å². The predicted molar refractivity (Wildman–Crippen MR) is 119 cm³/mol. The molecule has 0 radical (unpaired) electrons. The van der Waals surface area contributed by atoms with Crippen molar-refractivity contribution in [1.82, 2.24) is 10.2 Å². The van der Waals surface area contributed by atoms with Crippen molar-refractivity contribution in [2.75, 3.05) is 31.5 Å². The first kappa shape index (κ1) is 21.1. The molecule has 0 bridgehead atoms. The molecule has 2 heterocycles. The fourth-order valence-electron chi connectivity index (χ4n) is 3.79. The third-order valence-electron chi connectivity index (χ3n) is 5.48. The van der Waals surface area contributed by atoms with E-state index in [9.17, 15) is 13.2 Å². The lowest BCUT2D eigenvalue weighted by molar-refractivity contribution is 0.0939. The first-order valence-corrected chi connectivity index (χ1v) is 11.5. The Hall–Kier alpha value is -3.10. The summed E-state index contributed by atoms with van der Waals surface area (Å²) < 4.78 is 33.4. The maximum Gasteiger partial charge on any atom is 0.264 e. The van der Waals surface area contributed by atoms with E-state index in [4.69, 9.17) is 4.42 Å². The van der Waals surface area contributed by atoms with E-state index < -0.39 is 10.0 Å². The van der Waals surface area contributed by atoms with Gasteiger partial charge in [-0.15, -0.1) is 0 Å². The SMILES string of the molecule is CN(C)[C@@H](CNC(=O)c1cccc(S(=O)(=O)N2CCc3ccccc32)c1)c1ccco1. The van der Waals surface area contributed by atoms with Crippen LogP contribution in [0.1, 0.15) is 27.7 Å². The van der Waals surface area contributed by atoms with Gasteiger partial charge in [0.15, 0.2) is 0 Å². The van der Waals surface area contributed by atoms with E-state index in [-0.39, 0.29) is 16.8 Å². The largest absolute Gasteiger partial charge is 0.468 e. The molecule has 0 aliphatic carbocycles. The van der Waals surface area contributed by atoms with Crippen LogP contribution in [0.15, 0.2) is 76.2 Å². The standard InChI is InChI=1S/C23H25N3O4S/c1-25(2)21(22-11-6-14-30-22)16-24-23(27)18-8-5-9-19(15-18)31(28,29)26-13-12-17-7-3-4-10-20(17)26/h3-11,14-15,21H,12-13,16H2,1-2H3,(H,24,27)/t21-/m0/s1. The van der Waals surface area contributed by atoms with Gasteiger partial charge in [0.1, 0.15) is 5.76 Å². The summed E-state index contributed by atoms with van der Waals surface area (Å²) in [6.45, 7) is 0.724. The molecule has 2 aromatic carbocycles. The van der Waals surface area contributed by atoms with Crippen LogP contribution in [-0.4, -0.2) is 46.4 Å². The topological polar surface area (TPSA) is 82.9 Å². The lowest BCUT2D eigenvalue weighted by Gasteiger charge is -2.23. The Morgan fingerprint density at radius 1 is 1.13 bits per heavy atom. The average Bonchev–Trinajstić information content (AvgIpc) is 3.44. The van der Waals surface area contributed by atoms with Crippen LogP contribution in [0.4, 0.5) is 5.69 Å². The number of para-hydroxylation sites is 1. The van der Waals surface area contributed by atoms with Gasteiger partial charge in [-0.25, -0.2) is 8.42 Å². The fraction of sp³-hybridized carbons (Fsp3) is 0.261. The van der Waals surface area contributed by atoms with Crippen molar-refractivity contribution in [2.45, 2.75) is 17.4 Å². The highest BCUT2D eigenvalue weighted by Gasteiger charge is 2.31. The number of fused-ring (bicyclic) bond motifs is 1. The van der Waals surface area contributed by atoms with E-state index in [1.807, 2.05) is 49.3 Å². The Kier molecular flexibility index (Phi) is 5.84. The zero-order chi connectivity index (χ0) is 22.0. The molecule has 162 valence electrons. The number of nitrogens with zero attached hydrogens (tertiary/aromatic N) is 2. The van der Waals surface area contributed by atoms with Gasteiger partial charge < -0.3 is 9.73 Å². The molecule has 1 aliphatic heterocycles. The highest BCUT2D eigenvalue weighted by Crippen LogP contribution is 2.32. The molecular formula is C23H25N3O4S. The zero-order valence-electron chi connectivity index (χ0n) is 17.5. The first-order valence-electron chi connectivity index (χ1n) is 10.1. The lowest BCUT2D eigenvalue weighted by Crippen LogP contribution is -2.34. The van der Waals surface area contributed by atoms with E-state index in [1.165, 1.54) is 16.4 Å². The Balaban J connectivity index is 1.52. The van der Waals surface area contributed by atoms with Crippen LogP contribution in [0.25, 0.3) is 0 Å². The summed E-state index contributed by atoms with van der Waals surface area (Å²) in [7, 11) is 0.0482. The van der Waals surface area contributed by atoms with Crippen molar-refractivity contribution in [3.63, 3.8) is 0 Å². The Morgan fingerprint density at radius 3 is 2.68 bits per heavy atom. The number of sulfonamides is 1. The number of rotatable bonds is 7. The van der Waals surface area contributed by atoms with Crippen molar-refractivity contribution < 1.29 is 17.6 Å². The molecule has 31 heavy (non-hydrogen) atoms. The molecule has 0 spiro atoms. The predicted octanol–water partition coefficient (Wildman–Crippen LogP) is 3.06. The summed E-state index contributed by atoms with van der Waals surface area (Å²) in [4.78, 5) is 14.8. The summed E-state index contributed by atoms with van der Waals surface area (Å²) in [5.74, 6) is 0.409. The van der Waals surface area contributed by atoms with E-state index in [1.54, 1.807) is 24.5 Å². The number of hydrogen-bond acceptors (Lipinski definition) is 5. The molecule has 3 aromatic rings. The molecule has 0 unspecified atom stereocenters. The number of carbonyl (C=O) groups excluding carboxylic acids is 1.